The molecule has 11 heteroatoms. The molecule has 3 rings (SSSR count). The van der Waals surface area contributed by atoms with Crippen LogP contribution >= 0.6 is 46.7 Å². The minimum absolute atomic E-state index is 0.130. The van der Waals surface area contributed by atoms with Gasteiger partial charge in [0.1, 0.15) is 16.7 Å². The third kappa shape index (κ3) is 4.92. The quantitative estimate of drug-likeness (QED) is 0.606. The summed E-state index contributed by atoms with van der Waals surface area (Å²) in [6.45, 7) is 2.98. The summed E-state index contributed by atoms with van der Waals surface area (Å²) in [6.07, 6.45) is 3.31. The topological polar surface area (TPSA) is 94.1 Å². The number of aromatic nitrogens is 3. The van der Waals surface area contributed by atoms with Gasteiger partial charge in [-0.15, -0.1) is 33.6 Å². The van der Waals surface area contributed by atoms with Crippen LogP contribution in [0, 0.1) is 10.1 Å². The van der Waals surface area contributed by atoms with E-state index >= 15 is 0 Å². The number of halogens is 2. The van der Waals surface area contributed by atoms with Crippen molar-refractivity contribution < 1.29 is 10.3 Å². The van der Waals surface area contributed by atoms with Gasteiger partial charge in [-0.25, -0.2) is 4.98 Å². The maximum atomic E-state index is 8.36. The van der Waals surface area contributed by atoms with Crippen molar-refractivity contribution in [1.82, 2.24) is 14.8 Å². The maximum absolute atomic E-state index is 8.36. The first-order valence-electron chi connectivity index (χ1n) is 6.75. The fraction of sp³-hybridized carbons (Fsp3) is 0.385. The van der Waals surface area contributed by atoms with Gasteiger partial charge in [0, 0.05) is 21.0 Å². The minimum Gasteiger partial charge on any atom is -0.328 e. The van der Waals surface area contributed by atoms with Crippen molar-refractivity contribution in [1.29, 1.82) is 0 Å². The molecule has 0 bridgehead atoms. The van der Waals surface area contributed by atoms with Crippen molar-refractivity contribution in [2.45, 2.75) is 22.8 Å². The van der Waals surface area contributed by atoms with Crippen molar-refractivity contribution >= 4 is 46.7 Å². The first-order chi connectivity index (χ1) is 11.3. The molecule has 0 spiro atoms. The van der Waals surface area contributed by atoms with E-state index in [1.165, 1.54) is 0 Å². The molecule has 1 aliphatic heterocycles. The van der Waals surface area contributed by atoms with E-state index in [4.69, 9.17) is 38.5 Å². The molecule has 0 saturated carbocycles. The number of benzene rings is 1. The molecule has 2 atom stereocenters. The van der Waals surface area contributed by atoms with Gasteiger partial charge < -0.3 is 5.21 Å². The van der Waals surface area contributed by atoms with Crippen LogP contribution in [-0.2, 0) is 10.6 Å². The lowest BCUT2D eigenvalue weighted by atomic mass is 10.1. The molecule has 1 saturated heterocycles. The third-order valence-corrected chi connectivity index (χ3v) is 7.30. The molecule has 1 N–H and O–H groups in total. The Morgan fingerprint density at radius 3 is 2.75 bits per heavy atom. The lowest BCUT2D eigenvalue weighted by Crippen LogP contribution is -2.23. The number of rotatable bonds is 3. The standard InChI is InChI=1S/C13H13Cl2N3S2.HNO3/c1-9-5-19-13(20-9,6-18-8-16-7-17-18)11-3-2-10(14)4-12(11)15;2-1(3)4/h2-4,7-9H,5-6H2,1H3;(H,2,3,4). The second kappa shape index (κ2) is 8.28. The largest absolute Gasteiger partial charge is 0.328 e. The highest BCUT2D eigenvalue weighted by Gasteiger charge is 2.42. The molecule has 2 aromatic rings. The lowest BCUT2D eigenvalue weighted by Gasteiger charge is -2.29. The van der Waals surface area contributed by atoms with Crippen molar-refractivity contribution in [3.63, 3.8) is 0 Å². The Bertz CT molecular complexity index is 701. The van der Waals surface area contributed by atoms with E-state index in [0.29, 0.717) is 15.3 Å². The van der Waals surface area contributed by atoms with Crippen molar-refractivity contribution in [2.24, 2.45) is 0 Å². The van der Waals surface area contributed by atoms with Crippen LogP contribution in [0.3, 0.4) is 0 Å². The van der Waals surface area contributed by atoms with E-state index in [2.05, 4.69) is 17.0 Å². The van der Waals surface area contributed by atoms with E-state index < -0.39 is 5.09 Å². The highest BCUT2D eigenvalue weighted by atomic mass is 35.5. The fourth-order valence-electron chi connectivity index (χ4n) is 2.28. The zero-order chi connectivity index (χ0) is 17.7. The number of nitrogens with zero attached hydrogens (tertiary/aromatic N) is 4. The lowest BCUT2D eigenvalue weighted by molar-refractivity contribution is -0.742. The van der Waals surface area contributed by atoms with Crippen molar-refractivity contribution in [3.8, 4) is 0 Å². The van der Waals surface area contributed by atoms with E-state index in [1.54, 1.807) is 12.7 Å². The first kappa shape index (κ1) is 19.2. The van der Waals surface area contributed by atoms with Crippen LogP contribution in [0.25, 0.3) is 0 Å². The van der Waals surface area contributed by atoms with Crippen LogP contribution in [0.2, 0.25) is 10.0 Å². The Balaban J connectivity index is 0.000000471. The van der Waals surface area contributed by atoms with Crippen LogP contribution < -0.4 is 0 Å². The fourth-order valence-corrected chi connectivity index (χ4v) is 6.63. The molecule has 24 heavy (non-hydrogen) atoms. The van der Waals surface area contributed by atoms with Crippen LogP contribution in [0.15, 0.2) is 30.9 Å². The van der Waals surface area contributed by atoms with Crippen LogP contribution in [0.1, 0.15) is 12.5 Å². The summed E-state index contributed by atoms with van der Waals surface area (Å²) < 4.78 is 1.73. The van der Waals surface area contributed by atoms with Gasteiger partial charge in [-0.05, 0) is 17.7 Å². The number of hydrogen-bond donors (Lipinski definition) is 1. The van der Waals surface area contributed by atoms with Gasteiger partial charge in [0.25, 0.3) is 5.09 Å². The van der Waals surface area contributed by atoms with E-state index in [1.807, 2.05) is 46.4 Å². The molecule has 0 radical (unpaired) electrons. The summed E-state index contributed by atoms with van der Waals surface area (Å²) in [5.41, 5.74) is 1.11. The Morgan fingerprint density at radius 2 is 2.25 bits per heavy atom. The Morgan fingerprint density at radius 1 is 1.54 bits per heavy atom. The highest BCUT2D eigenvalue weighted by Crippen LogP contribution is 2.57. The number of hydrogen-bond acceptors (Lipinski definition) is 6. The van der Waals surface area contributed by atoms with Crippen LogP contribution in [-0.4, -0.2) is 36.1 Å². The smallest absolute Gasteiger partial charge is 0.291 e. The first-order valence-corrected chi connectivity index (χ1v) is 9.37. The van der Waals surface area contributed by atoms with Gasteiger partial charge in [-0.3, -0.25) is 4.68 Å². The molecule has 7 nitrogen and oxygen atoms in total. The van der Waals surface area contributed by atoms with Gasteiger partial charge >= 0.3 is 0 Å². The zero-order valence-electron chi connectivity index (χ0n) is 12.5. The molecule has 1 fully saturated rings. The van der Waals surface area contributed by atoms with Gasteiger partial charge in [-0.1, -0.05) is 36.2 Å². The van der Waals surface area contributed by atoms with E-state index in [-0.39, 0.29) is 4.08 Å². The monoisotopic (exact) mass is 408 g/mol. The molecule has 0 aliphatic carbocycles. The summed E-state index contributed by atoms with van der Waals surface area (Å²) in [6, 6.07) is 5.74. The summed E-state index contributed by atoms with van der Waals surface area (Å²) in [5.74, 6) is 1.10. The molecule has 1 aromatic heterocycles. The molecule has 1 aliphatic rings. The summed E-state index contributed by atoms with van der Waals surface area (Å²) >= 11 is 16.3. The normalized spacial score (nSPS) is 22.7. The Kier molecular flexibility index (Phi) is 6.62. The highest BCUT2D eigenvalue weighted by molar-refractivity contribution is 8.21. The van der Waals surface area contributed by atoms with Crippen molar-refractivity contribution in [2.75, 3.05) is 5.75 Å². The average molecular weight is 409 g/mol. The summed E-state index contributed by atoms with van der Waals surface area (Å²) in [7, 11) is 0. The molecule has 2 heterocycles. The van der Waals surface area contributed by atoms with Crippen LogP contribution in [0.5, 0.6) is 0 Å². The SMILES string of the molecule is CC1CSC(Cn2cncn2)(c2ccc(Cl)cc2Cl)S1.O=[N+]([O-])O. The van der Waals surface area contributed by atoms with E-state index in [9.17, 15) is 0 Å². The second-order valence-electron chi connectivity index (χ2n) is 4.95. The summed E-state index contributed by atoms with van der Waals surface area (Å²) in [4.78, 5) is 12.4. The molecule has 1 aromatic carbocycles. The van der Waals surface area contributed by atoms with Gasteiger partial charge in [0.15, 0.2) is 0 Å². The van der Waals surface area contributed by atoms with E-state index in [0.717, 1.165) is 17.9 Å². The van der Waals surface area contributed by atoms with Gasteiger partial charge in [0.2, 0.25) is 0 Å². The van der Waals surface area contributed by atoms with Crippen molar-refractivity contribution in [3.05, 3.63) is 56.6 Å². The van der Waals surface area contributed by atoms with Gasteiger partial charge in [0.05, 0.1) is 6.54 Å². The molecular weight excluding hydrogens is 395 g/mol. The Labute approximate surface area is 156 Å². The van der Waals surface area contributed by atoms with Gasteiger partial charge in [-0.2, -0.15) is 5.10 Å². The molecule has 2 unspecified atom stereocenters. The maximum Gasteiger partial charge on any atom is 0.291 e. The third-order valence-electron chi connectivity index (χ3n) is 3.12. The summed E-state index contributed by atoms with van der Waals surface area (Å²) in [5, 5.41) is 19.8. The second-order valence-corrected chi connectivity index (χ2v) is 9.11. The predicted molar refractivity (Wildman–Crippen MR) is 96.5 cm³/mol. The average Bonchev–Trinajstić information content (AvgIpc) is 3.09. The zero-order valence-corrected chi connectivity index (χ0v) is 15.6. The Hall–Kier alpha value is -1.16. The van der Waals surface area contributed by atoms with Crippen LogP contribution in [0.4, 0.5) is 0 Å². The molecular formula is C13H14Cl2N4O3S2. The number of thioether (sulfide) groups is 2. The minimum atomic E-state index is -1.50. The molecule has 130 valence electrons. The predicted octanol–water partition coefficient (Wildman–Crippen LogP) is 3.96. The molecule has 0 amide bonds.